The molecule has 1 amide bonds. The predicted molar refractivity (Wildman–Crippen MR) is 87.7 cm³/mol. The molecule has 2 aromatic heterocycles. The molecule has 1 aromatic carbocycles. The van der Waals surface area contributed by atoms with E-state index in [2.05, 4.69) is 10.3 Å². The standard InChI is InChI=1S/C18H17N3O3/c22-14-11-24-15-6-2-1-5-13(15)18(14)20-17(23)9-12-10-21-8-4-3-7-16(21)19-12/h1-8,10,14,18,22H,9,11H2,(H,20,23)/t14-,18+/m1/s1. The topological polar surface area (TPSA) is 75.9 Å². The number of fused-ring (bicyclic) bond motifs is 2. The van der Waals surface area contributed by atoms with Crippen molar-refractivity contribution in [2.45, 2.75) is 18.6 Å². The average molecular weight is 323 g/mol. The highest BCUT2D eigenvalue weighted by Gasteiger charge is 2.30. The normalized spacial score (nSPS) is 19.5. The van der Waals surface area contributed by atoms with Crippen molar-refractivity contribution in [3.8, 4) is 5.75 Å². The summed E-state index contributed by atoms with van der Waals surface area (Å²) in [5.41, 5.74) is 2.28. The summed E-state index contributed by atoms with van der Waals surface area (Å²) in [5, 5.41) is 13.1. The molecule has 4 rings (SSSR count). The minimum absolute atomic E-state index is 0.161. The molecule has 122 valence electrons. The van der Waals surface area contributed by atoms with Crippen molar-refractivity contribution >= 4 is 11.6 Å². The minimum atomic E-state index is -0.773. The molecule has 3 aromatic rings. The molecule has 6 heteroatoms. The highest BCUT2D eigenvalue weighted by Crippen LogP contribution is 2.31. The van der Waals surface area contributed by atoms with Crippen LogP contribution in [0.1, 0.15) is 17.3 Å². The number of amides is 1. The number of hydrogen-bond donors (Lipinski definition) is 2. The summed E-state index contributed by atoms with van der Waals surface area (Å²) in [6.07, 6.45) is 3.12. The molecule has 1 aliphatic heterocycles. The molecule has 0 fully saturated rings. The van der Waals surface area contributed by atoms with Crippen molar-refractivity contribution in [1.82, 2.24) is 14.7 Å². The predicted octanol–water partition coefficient (Wildman–Crippen LogP) is 1.49. The van der Waals surface area contributed by atoms with E-state index in [4.69, 9.17) is 4.74 Å². The Morgan fingerprint density at radius 2 is 2.12 bits per heavy atom. The van der Waals surface area contributed by atoms with Crippen LogP contribution in [0.4, 0.5) is 0 Å². The molecule has 0 aliphatic carbocycles. The number of ether oxygens (including phenoxy) is 1. The summed E-state index contributed by atoms with van der Waals surface area (Å²) in [7, 11) is 0. The van der Waals surface area contributed by atoms with Crippen LogP contribution >= 0.6 is 0 Å². The van der Waals surface area contributed by atoms with Crippen LogP contribution in [0.25, 0.3) is 5.65 Å². The molecule has 0 saturated heterocycles. The lowest BCUT2D eigenvalue weighted by molar-refractivity contribution is -0.122. The van der Waals surface area contributed by atoms with Crippen molar-refractivity contribution in [3.05, 3.63) is 66.1 Å². The van der Waals surface area contributed by atoms with Crippen molar-refractivity contribution < 1.29 is 14.6 Å². The molecule has 0 radical (unpaired) electrons. The first-order valence-electron chi connectivity index (χ1n) is 7.82. The maximum Gasteiger partial charge on any atom is 0.226 e. The second kappa shape index (κ2) is 5.98. The van der Waals surface area contributed by atoms with Gasteiger partial charge in [0.2, 0.25) is 5.91 Å². The Labute approximate surface area is 138 Å². The molecule has 2 atom stereocenters. The van der Waals surface area contributed by atoms with Gasteiger partial charge in [0.05, 0.1) is 18.2 Å². The van der Waals surface area contributed by atoms with E-state index in [-0.39, 0.29) is 18.9 Å². The number of pyridine rings is 1. The van der Waals surface area contributed by atoms with E-state index >= 15 is 0 Å². The van der Waals surface area contributed by atoms with Crippen LogP contribution in [0.5, 0.6) is 5.75 Å². The van der Waals surface area contributed by atoms with Crippen LogP contribution < -0.4 is 10.1 Å². The van der Waals surface area contributed by atoms with Crippen LogP contribution in [0.15, 0.2) is 54.9 Å². The number of nitrogens with one attached hydrogen (secondary N) is 1. The summed E-state index contributed by atoms with van der Waals surface area (Å²) < 4.78 is 7.36. The van der Waals surface area contributed by atoms with Crippen molar-refractivity contribution in [1.29, 1.82) is 0 Å². The lowest BCUT2D eigenvalue weighted by Gasteiger charge is -2.31. The van der Waals surface area contributed by atoms with Crippen LogP contribution in [0.2, 0.25) is 0 Å². The molecule has 0 saturated carbocycles. The first-order valence-corrected chi connectivity index (χ1v) is 7.82. The summed E-state index contributed by atoms with van der Waals surface area (Å²) in [6.45, 7) is 0.163. The van der Waals surface area contributed by atoms with Gasteiger partial charge in [0.1, 0.15) is 24.1 Å². The number of aliphatic hydroxyl groups is 1. The van der Waals surface area contributed by atoms with Gasteiger partial charge in [0.25, 0.3) is 0 Å². The Balaban J connectivity index is 1.51. The number of carbonyl (C=O) groups is 1. The van der Waals surface area contributed by atoms with E-state index in [9.17, 15) is 9.90 Å². The number of aliphatic hydroxyl groups excluding tert-OH is 1. The first-order chi connectivity index (χ1) is 11.7. The van der Waals surface area contributed by atoms with Crippen LogP contribution in [0, 0.1) is 0 Å². The number of nitrogens with zero attached hydrogens (tertiary/aromatic N) is 2. The fourth-order valence-corrected chi connectivity index (χ4v) is 2.98. The molecule has 0 bridgehead atoms. The highest BCUT2D eigenvalue weighted by molar-refractivity contribution is 5.79. The molecule has 1 aliphatic rings. The quantitative estimate of drug-likeness (QED) is 0.766. The molecule has 6 nitrogen and oxygen atoms in total. The maximum atomic E-state index is 12.4. The zero-order valence-corrected chi connectivity index (χ0v) is 12.9. The zero-order valence-electron chi connectivity index (χ0n) is 12.9. The van der Waals surface area contributed by atoms with Gasteiger partial charge in [0.15, 0.2) is 0 Å². The fourth-order valence-electron chi connectivity index (χ4n) is 2.98. The van der Waals surface area contributed by atoms with Gasteiger partial charge in [-0.2, -0.15) is 0 Å². The van der Waals surface area contributed by atoms with E-state index in [0.717, 1.165) is 11.2 Å². The second-order valence-electron chi connectivity index (χ2n) is 5.84. The monoisotopic (exact) mass is 323 g/mol. The minimum Gasteiger partial charge on any atom is -0.490 e. The van der Waals surface area contributed by atoms with E-state index < -0.39 is 12.1 Å². The summed E-state index contributed by atoms with van der Waals surface area (Å²) in [5.74, 6) is 0.514. The van der Waals surface area contributed by atoms with E-state index in [1.165, 1.54) is 0 Å². The Morgan fingerprint density at radius 3 is 3.00 bits per heavy atom. The van der Waals surface area contributed by atoms with Gasteiger partial charge in [-0.3, -0.25) is 4.79 Å². The third-order valence-electron chi connectivity index (χ3n) is 4.12. The van der Waals surface area contributed by atoms with Crippen molar-refractivity contribution in [2.24, 2.45) is 0 Å². The zero-order chi connectivity index (χ0) is 16.5. The van der Waals surface area contributed by atoms with Crippen molar-refractivity contribution in [2.75, 3.05) is 6.61 Å². The van der Waals surface area contributed by atoms with E-state index in [0.29, 0.717) is 11.4 Å². The fraction of sp³-hybridized carbons (Fsp3) is 0.222. The largest absolute Gasteiger partial charge is 0.490 e. The molecule has 0 unspecified atom stereocenters. The lowest BCUT2D eigenvalue weighted by atomic mass is 9.98. The van der Waals surface area contributed by atoms with Crippen molar-refractivity contribution in [3.63, 3.8) is 0 Å². The van der Waals surface area contributed by atoms with Gasteiger partial charge in [-0.05, 0) is 18.2 Å². The number of benzene rings is 1. The Hall–Kier alpha value is -2.86. The summed E-state index contributed by atoms with van der Waals surface area (Å²) in [4.78, 5) is 16.8. The third-order valence-corrected chi connectivity index (χ3v) is 4.12. The molecule has 2 N–H and O–H groups in total. The second-order valence-corrected chi connectivity index (χ2v) is 5.84. The highest BCUT2D eigenvalue weighted by atomic mass is 16.5. The van der Waals surface area contributed by atoms with Gasteiger partial charge in [0, 0.05) is 18.0 Å². The number of aromatic nitrogens is 2. The number of hydrogen-bond acceptors (Lipinski definition) is 4. The average Bonchev–Trinajstić information content (AvgIpc) is 2.99. The summed E-state index contributed by atoms with van der Waals surface area (Å²) >= 11 is 0. The smallest absolute Gasteiger partial charge is 0.226 e. The number of imidazole rings is 1. The number of carbonyl (C=O) groups excluding carboxylic acids is 1. The van der Waals surface area contributed by atoms with E-state index in [1.54, 1.807) is 0 Å². The SMILES string of the molecule is O=C(Cc1cn2ccccc2n1)N[C@H]1c2ccccc2OC[C@H]1O. The number of rotatable bonds is 3. The summed E-state index contributed by atoms with van der Waals surface area (Å²) in [6, 6.07) is 12.7. The third kappa shape index (κ3) is 2.72. The van der Waals surface area contributed by atoms with E-state index in [1.807, 2.05) is 59.3 Å². The molecule has 24 heavy (non-hydrogen) atoms. The molecule has 3 heterocycles. The number of para-hydroxylation sites is 1. The lowest BCUT2D eigenvalue weighted by Crippen LogP contribution is -2.42. The molecular formula is C18H17N3O3. The van der Waals surface area contributed by atoms with Gasteiger partial charge in [-0.1, -0.05) is 24.3 Å². The molecule has 0 spiro atoms. The van der Waals surface area contributed by atoms with Crippen LogP contribution in [-0.2, 0) is 11.2 Å². The Kier molecular flexibility index (Phi) is 3.66. The van der Waals surface area contributed by atoms with Gasteiger partial charge < -0.3 is 19.6 Å². The van der Waals surface area contributed by atoms with Crippen LogP contribution in [0.3, 0.4) is 0 Å². The van der Waals surface area contributed by atoms with Crippen LogP contribution in [-0.4, -0.2) is 33.1 Å². The Morgan fingerprint density at radius 1 is 1.29 bits per heavy atom. The first kappa shape index (κ1) is 14.7. The molecular weight excluding hydrogens is 306 g/mol. The van der Waals surface area contributed by atoms with Gasteiger partial charge in [-0.25, -0.2) is 4.98 Å². The van der Waals surface area contributed by atoms with Gasteiger partial charge in [-0.15, -0.1) is 0 Å². The Bertz CT molecular complexity index is 857. The maximum absolute atomic E-state index is 12.4. The van der Waals surface area contributed by atoms with Gasteiger partial charge >= 0.3 is 0 Å².